The van der Waals surface area contributed by atoms with Crippen LogP contribution in [-0.4, -0.2) is 18.1 Å². The molecule has 0 spiro atoms. The third-order valence-corrected chi connectivity index (χ3v) is 4.83. The largest absolute Gasteiger partial charge is 0.423 e. The molecular formula is C23H21F3O4. The number of alkyl halides is 3. The van der Waals surface area contributed by atoms with Crippen LogP contribution in [0.1, 0.15) is 29.2 Å². The minimum atomic E-state index is -4.63. The SMILES string of the molecule is C=CC(=O)Oc1ccc(C(C)(c2ccc(OC(=O)C=C)c(C)c2)C(F)(F)F)cc1C. The Morgan fingerprint density at radius 1 is 0.833 bits per heavy atom. The number of carbonyl (C=O) groups excluding carboxylic acids is 2. The summed E-state index contributed by atoms with van der Waals surface area (Å²) in [5.74, 6) is -1.11. The predicted molar refractivity (Wildman–Crippen MR) is 107 cm³/mol. The molecule has 2 aromatic carbocycles. The average molecular weight is 418 g/mol. The Morgan fingerprint density at radius 3 is 1.47 bits per heavy atom. The Balaban J connectivity index is 2.56. The number of halogens is 3. The van der Waals surface area contributed by atoms with Crippen molar-refractivity contribution in [3.05, 3.63) is 84.0 Å². The molecule has 2 rings (SSSR count). The summed E-state index contributed by atoms with van der Waals surface area (Å²) >= 11 is 0. The van der Waals surface area contributed by atoms with Gasteiger partial charge in [0.25, 0.3) is 0 Å². The molecule has 0 fully saturated rings. The highest BCUT2D eigenvalue weighted by molar-refractivity contribution is 5.84. The van der Waals surface area contributed by atoms with Gasteiger partial charge in [-0.2, -0.15) is 13.2 Å². The minimum Gasteiger partial charge on any atom is -0.423 e. The van der Waals surface area contributed by atoms with Crippen LogP contribution in [0, 0.1) is 13.8 Å². The molecule has 0 amide bonds. The van der Waals surface area contributed by atoms with Crippen molar-refractivity contribution >= 4 is 11.9 Å². The van der Waals surface area contributed by atoms with E-state index in [9.17, 15) is 22.8 Å². The summed E-state index contributed by atoms with van der Waals surface area (Å²) in [7, 11) is 0. The third-order valence-electron chi connectivity index (χ3n) is 4.83. The lowest BCUT2D eigenvalue weighted by Crippen LogP contribution is -2.40. The highest BCUT2D eigenvalue weighted by Crippen LogP contribution is 2.47. The smallest absolute Gasteiger partial charge is 0.402 e. The van der Waals surface area contributed by atoms with Gasteiger partial charge in [0, 0.05) is 12.2 Å². The van der Waals surface area contributed by atoms with Crippen molar-refractivity contribution in [2.45, 2.75) is 32.4 Å². The molecule has 0 heterocycles. The molecule has 4 nitrogen and oxygen atoms in total. The summed E-state index contributed by atoms with van der Waals surface area (Å²) in [4.78, 5) is 22.8. The van der Waals surface area contributed by atoms with E-state index >= 15 is 0 Å². The number of rotatable bonds is 6. The molecule has 0 radical (unpaired) electrons. The molecule has 2 aromatic rings. The van der Waals surface area contributed by atoms with Gasteiger partial charge in [-0.05, 0) is 55.2 Å². The lowest BCUT2D eigenvalue weighted by atomic mass is 9.74. The van der Waals surface area contributed by atoms with Gasteiger partial charge in [-0.15, -0.1) is 0 Å². The predicted octanol–water partition coefficient (Wildman–Crippen LogP) is 5.35. The van der Waals surface area contributed by atoms with Crippen molar-refractivity contribution in [3.8, 4) is 11.5 Å². The second-order valence-corrected chi connectivity index (χ2v) is 6.83. The van der Waals surface area contributed by atoms with E-state index in [0.29, 0.717) is 11.1 Å². The van der Waals surface area contributed by atoms with Gasteiger partial charge in [-0.25, -0.2) is 9.59 Å². The van der Waals surface area contributed by atoms with E-state index in [1.807, 2.05) is 0 Å². The van der Waals surface area contributed by atoms with Crippen LogP contribution in [0.2, 0.25) is 0 Å². The van der Waals surface area contributed by atoms with Gasteiger partial charge in [0.2, 0.25) is 0 Å². The third kappa shape index (κ3) is 4.45. The first-order chi connectivity index (χ1) is 13.9. The molecule has 0 aromatic heterocycles. The fourth-order valence-corrected chi connectivity index (χ4v) is 2.94. The number of aryl methyl sites for hydroxylation is 2. The van der Waals surface area contributed by atoms with Gasteiger partial charge < -0.3 is 9.47 Å². The van der Waals surface area contributed by atoms with Crippen LogP contribution in [0.25, 0.3) is 0 Å². The molecule has 0 aliphatic carbocycles. The first kappa shape index (κ1) is 22.9. The molecule has 30 heavy (non-hydrogen) atoms. The van der Waals surface area contributed by atoms with E-state index in [-0.39, 0.29) is 22.6 Å². The van der Waals surface area contributed by atoms with Crippen molar-refractivity contribution in [1.82, 2.24) is 0 Å². The summed E-state index contributed by atoms with van der Waals surface area (Å²) < 4.78 is 52.9. The van der Waals surface area contributed by atoms with Crippen LogP contribution in [-0.2, 0) is 15.0 Å². The Labute approximate surface area is 172 Å². The molecule has 0 atom stereocenters. The summed E-state index contributed by atoms with van der Waals surface area (Å²) in [6.07, 6.45) is -2.70. The van der Waals surface area contributed by atoms with Gasteiger partial charge in [0.05, 0.1) is 0 Å². The Hall–Kier alpha value is -3.35. The normalized spacial score (nSPS) is 11.5. The van der Waals surface area contributed by atoms with Crippen molar-refractivity contribution < 1.29 is 32.2 Å². The fraction of sp³-hybridized carbons (Fsp3) is 0.217. The molecule has 0 saturated carbocycles. The van der Waals surface area contributed by atoms with Gasteiger partial charge in [-0.1, -0.05) is 37.4 Å². The summed E-state index contributed by atoms with van der Waals surface area (Å²) in [5, 5.41) is 0. The number of carbonyl (C=O) groups is 2. The first-order valence-electron chi connectivity index (χ1n) is 8.91. The molecule has 0 saturated heterocycles. The van der Waals surface area contributed by atoms with Gasteiger partial charge in [-0.3, -0.25) is 0 Å². The van der Waals surface area contributed by atoms with Gasteiger partial charge in [0.1, 0.15) is 16.9 Å². The molecular weight excluding hydrogens is 397 g/mol. The van der Waals surface area contributed by atoms with E-state index in [1.165, 1.54) is 36.4 Å². The highest BCUT2D eigenvalue weighted by atomic mass is 19.4. The minimum absolute atomic E-state index is 0.0267. The number of esters is 2. The Morgan fingerprint density at radius 2 is 1.20 bits per heavy atom. The number of hydrogen-bond acceptors (Lipinski definition) is 4. The monoisotopic (exact) mass is 418 g/mol. The molecule has 0 N–H and O–H groups in total. The van der Waals surface area contributed by atoms with Crippen LogP contribution in [0.3, 0.4) is 0 Å². The summed E-state index contributed by atoms with van der Waals surface area (Å²) in [6, 6.07) is 7.85. The van der Waals surface area contributed by atoms with Gasteiger partial charge >= 0.3 is 18.1 Å². The molecule has 0 aliphatic rings. The van der Waals surface area contributed by atoms with Crippen LogP contribution in [0.5, 0.6) is 11.5 Å². The van der Waals surface area contributed by atoms with Gasteiger partial charge in [0.15, 0.2) is 0 Å². The van der Waals surface area contributed by atoms with E-state index in [4.69, 9.17) is 9.47 Å². The summed E-state index contributed by atoms with van der Waals surface area (Å²) in [6.45, 7) is 10.8. The van der Waals surface area contributed by atoms with E-state index < -0.39 is 23.5 Å². The second kappa shape index (κ2) is 8.57. The van der Waals surface area contributed by atoms with Crippen molar-refractivity contribution in [2.24, 2.45) is 0 Å². The Kier molecular flexibility index (Phi) is 6.55. The average Bonchev–Trinajstić information content (AvgIpc) is 2.69. The molecule has 0 unspecified atom stereocenters. The van der Waals surface area contributed by atoms with Crippen LogP contribution in [0.4, 0.5) is 13.2 Å². The molecule has 0 bridgehead atoms. The lowest BCUT2D eigenvalue weighted by molar-refractivity contribution is -0.173. The second-order valence-electron chi connectivity index (χ2n) is 6.83. The number of ether oxygens (including phenoxy) is 2. The number of benzene rings is 2. The topological polar surface area (TPSA) is 52.6 Å². The van der Waals surface area contributed by atoms with E-state index in [2.05, 4.69) is 13.2 Å². The standard InChI is InChI=1S/C23H21F3O4/c1-6-20(27)29-18-10-8-16(12-14(18)3)22(5,23(24,25)26)17-9-11-19(15(4)13-17)30-21(28)7-2/h6-13H,1-2H2,3-5H3. The highest BCUT2D eigenvalue weighted by Gasteiger charge is 2.53. The molecule has 7 heteroatoms. The maximum absolute atomic E-state index is 14.3. The number of hydrogen-bond donors (Lipinski definition) is 0. The lowest BCUT2D eigenvalue weighted by Gasteiger charge is -2.34. The molecule has 158 valence electrons. The van der Waals surface area contributed by atoms with E-state index in [0.717, 1.165) is 19.1 Å². The van der Waals surface area contributed by atoms with E-state index in [1.54, 1.807) is 13.8 Å². The van der Waals surface area contributed by atoms with Crippen molar-refractivity contribution in [2.75, 3.05) is 0 Å². The molecule has 0 aliphatic heterocycles. The van der Waals surface area contributed by atoms with Crippen molar-refractivity contribution in [3.63, 3.8) is 0 Å². The summed E-state index contributed by atoms with van der Waals surface area (Å²) in [5.41, 5.74) is -1.68. The fourth-order valence-electron chi connectivity index (χ4n) is 2.94. The zero-order chi connectivity index (χ0) is 22.7. The maximum atomic E-state index is 14.3. The quantitative estimate of drug-likeness (QED) is 0.360. The first-order valence-corrected chi connectivity index (χ1v) is 8.91. The van der Waals surface area contributed by atoms with Crippen LogP contribution >= 0.6 is 0 Å². The maximum Gasteiger partial charge on any atom is 0.402 e. The van der Waals surface area contributed by atoms with Crippen LogP contribution < -0.4 is 9.47 Å². The Bertz CT molecular complexity index is 934. The van der Waals surface area contributed by atoms with Crippen molar-refractivity contribution in [1.29, 1.82) is 0 Å². The zero-order valence-corrected chi connectivity index (χ0v) is 16.8. The van der Waals surface area contributed by atoms with Crippen LogP contribution in [0.15, 0.2) is 61.7 Å². The zero-order valence-electron chi connectivity index (χ0n) is 16.8.